The Bertz CT molecular complexity index is 1320. The fourth-order valence-corrected chi connectivity index (χ4v) is 5.15. The summed E-state index contributed by atoms with van der Waals surface area (Å²) in [5.41, 5.74) is 5.03. The number of hydrogen-bond donors (Lipinski definition) is 0. The molecule has 6 nitrogen and oxygen atoms in total. The largest absolute Gasteiger partial charge is 0.497 e. The molecule has 1 heterocycles. The van der Waals surface area contributed by atoms with E-state index in [1.165, 1.54) is 5.01 Å². The number of benzene rings is 3. The molecule has 5 rings (SSSR count). The van der Waals surface area contributed by atoms with Crippen molar-refractivity contribution in [2.75, 3.05) is 13.7 Å². The summed E-state index contributed by atoms with van der Waals surface area (Å²) in [7, 11) is 1.58. The van der Waals surface area contributed by atoms with Crippen molar-refractivity contribution in [2.24, 2.45) is 11.0 Å². The predicted octanol–water partition coefficient (Wildman–Crippen LogP) is 5.60. The Labute approximate surface area is 217 Å². The number of rotatable bonds is 7. The maximum atomic E-state index is 13.4. The van der Waals surface area contributed by atoms with E-state index in [0.29, 0.717) is 5.75 Å². The van der Waals surface area contributed by atoms with E-state index >= 15 is 0 Å². The third-order valence-corrected chi connectivity index (χ3v) is 6.88. The van der Waals surface area contributed by atoms with Crippen LogP contribution in [0.2, 0.25) is 0 Å². The molecule has 37 heavy (non-hydrogen) atoms. The van der Waals surface area contributed by atoms with E-state index in [0.717, 1.165) is 47.2 Å². The second-order valence-electron chi connectivity index (χ2n) is 9.35. The molecule has 188 valence electrons. The average Bonchev–Trinajstić information content (AvgIpc) is 3.34. The Morgan fingerprint density at radius 2 is 1.76 bits per heavy atom. The van der Waals surface area contributed by atoms with Crippen LogP contribution in [0.15, 0.2) is 95.6 Å². The van der Waals surface area contributed by atoms with Gasteiger partial charge in [-0.15, -0.1) is 0 Å². The molecule has 0 spiro atoms. The number of amides is 1. The van der Waals surface area contributed by atoms with Crippen molar-refractivity contribution in [3.05, 3.63) is 107 Å². The van der Waals surface area contributed by atoms with E-state index in [1.54, 1.807) is 13.2 Å². The van der Waals surface area contributed by atoms with Crippen LogP contribution in [-0.2, 0) is 20.7 Å². The van der Waals surface area contributed by atoms with Gasteiger partial charge in [-0.05, 0) is 59.7 Å². The summed E-state index contributed by atoms with van der Waals surface area (Å²) in [5, 5.41) is 6.39. The average molecular weight is 495 g/mol. The maximum Gasteiger partial charge on any atom is 0.310 e. The van der Waals surface area contributed by atoms with Crippen LogP contribution < -0.4 is 4.74 Å². The SMILES string of the molecule is COc1cccc(CC(=O)OCC(=O)N2N=C3/C(=C/c4ccccc4)CCCC3C2c2ccccc2)c1. The standard InChI is InChI=1S/C31H30N2O4/c1-36-26-16-8-12-23(19-26)20-29(35)37-21-28(34)33-31(24-13-6-3-7-14-24)27-17-9-15-25(30(27)32-33)18-22-10-4-2-5-11-22/h2-8,10-14,16,18-19,27,31H,9,15,17,20-21H2,1H3/b25-18+. The van der Waals surface area contributed by atoms with Crippen LogP contribution in [0.25, 0.3) is 6.08 Å². The Kier molecular flexibility index (Phi) is 7.45. The Morgan fingerprint density at radius 1 is 1.00 bits per heavy atom. The van der Waals surface area contributed by atoms with E-state index in [9.17, 15) is 9.59 Å². The number of fused-ring (bicyclic) bond motifs is 1. The van der Waals surface area contributed by atoms with Gasteiger partial charge in [-0.1, -0.05) is 72.8 Å². The minimum Gasteiger partial charge on any atom is -0.497 e. The first-order valence-corrected chi connectivity index (χ1v) is 12.6. The lowest BCUT2D eigenvalue weighted by atomic mass is 9.77. The van der Waals surface area contributed by atoms with E-state index < -0.39 is 5.97 Å². The molecule has 0 saturated heterocycles. The molecule has 3 aromatic rings. The van der Waals surface area contributed by atoms with Crippen LogP contribution in [0.1, 0.15) is 42.0 Å². The van der Waals surface area contributed by atoms with Gasteiger partial charge in [0.25, 0.3) is 5.91 Å². The Morgan fingerprint density at radius 3 is 2.51 bits per heavy atom. The molecule has 0 radical (unpaired) electrons. The van der Waals surface area contributed by atoms with Crippen molar-refractivity contribution in [3.8, 4) is 5.75 Å². The van der Waals surface area contributed by atoms with Crippen LogP contribution in [-0.4, -0.2) is 36.3 Å². The monoisotopic (exact) mass is 494 g/mol. The highest BCUT2D eigenvalue weighted by molar-refractivity contribution is 6.08. The molecule has 1 amide bonds. The van der Waals surface area contributed by atoms with Gasteiger partial charge in [0.1, 0.15) is 5.75 Å². The molecule has 1 saturated carbocycles. The number of methoxy groups -OCH3 is 1. The van der Waals surface area contributed by atoms with Gasteiger partial charge in [-0.2, -0.15) is 5.10 Å². The van der Waals surface area contributed by atoms with Crippen molar-refractivity contribution in [1.82, 2.24) is 5.01 Å². The van der Waals surface area contributed by atoms with E-state index in [2.05, 4.69) is 18.2 Å². The predicted molar refractivity (Wildman–Crippen MR) is 143 cm³/mol. The summed E-state index contributed by atoms with van der Waals surface area (Å²) in [6.45, 7) is -0.354. The molecular formula is C31H30N2O4. The molecule has 1 aliphatic heterocycles. The van der Waals surface area contributed by atoms with Gasteiger partial charge in [0.2, 0.25) is 0 Å². The highest BCUT2D eigenvalue weighted by atomic mass is 16.5. The van der Waals surface area contributed by atoms with Gasteiger partial charge in [0.15, 0.2) is 6.61 Å². The Balaban J connectivity index is 1.35. The van der Waals surface area contributed by atoms with E-state index in [1.807, 2.05) is 66.7 Å². The van der Waals surface area contributed by atoms with Crippen LogP contribution in [0.3, 0.4) is 0 Å². The smallest absolute Gasteiger partial charge is 0.310 e. The zero-order chi connectivity index (χ0) is 25.6. The quantitative estimate of drug-likeness (QED) is 0.401. The van der Waals surface area contributed by atoms with Gasteiger partial charge in [0.05, 0.1) is 25.3 Å². The van der Waals surface area contributed by atoms with Gasteiger partial charge in [-0.25, -0.2) is 5.01 Å². The summed E-state index contributed by atoms with van der Waals surface area (Å²) in [6.07, 6.45) is 5.14. The molecule has 0 aromatic heterocycles. The van der Waals surface area contributed by atoms with Crippen molar-refractivity contribution in [2.45, 2.75) is 31.7 Å². The van der Waals surface area contributed by atoms with Crippen molar-refractivity contribution >= 4 is 23.7 Å². The molecule has 6 heteroatoms. The van der Waals surface area contributed by atoms with Crippen molar-refractivity contribution in [3.63, 3.8) is 0 Å². The summed E-state index contributed by atoms with van der Waals surface area (Å²) in [6, 6.07) is 27.2. The maximum absolute atomic E-state index is 13.4. The van der Waals surface area contributed by atoms with Crippen LogP contribution in [0, 0.1) is 5.92 Å². The first-order valence-electron chi connectivity index (χ1n) is 12.6. The van der Waals surface area contributed by atoms with Crippen molar-refractivity contribution in [1.29, 1.82) is 0 Å². The minimum atomic E-state index is -0.466. The lowest BCUT2D eigenvalue weighted by Crippen LogP contribution is -2.34. The highest BCUT2D eigenvalue weighted by Gasteiger charge is 2.43. The summed E-state index contributed by atoms with van der Waals surface area (Å²) in [4.78, 5) is 25.9. The number of hydrogen-bond acceptors (Lipinski definition) is 5. The lowest BCUT2D eigenvalue weighted by Gasteiger charge is -2.29. The first kappa shape index (κ1) is 24.5. The molecular weight excluding hydrogens is 464 g/mol. The second kappa shape index (κ2) is 11.2. The molecule has 0 N–H and O–H groups in total. The van der Waals surface area contributed by atoms with Gasteiger partial charge >= 0.3 is 5.97 Å². The van der Waals surface area contributed by atoms with E-state index in [4.69, 9.17) is 14.6 Å². The topological polar surface area (TPSA) is 68.2 Å². The molecule has 3 aromatic carbocycles. The lowest BCUT2D eigenvalue weighted by molar-refractivity contribution is -0.152. The second-order valence-corrected chi connectivity index (χ2v) is 9.35. The van der Waals surface area contributed by atoms with Gasteiger partial charge in [0, 0.05) is 5.92 Å². The third-order valence-electron chi connectivity index (χ3n) is 6.88. The number of hydrazone groups is 1. The van der Waals surface area contributed by atoms with E-state index in [-0.39, 0.29) is 30.9 Å². The normalized spacial score (nSPS) is 19.8. The van der Waals surface area contributed by atoms with Crippen LogP contribution >= 0.6 is 0 Å². The minimum absolute atomic E-state index is 0.0632. The number of nitrogens with zero attached hydrogens (tertiary/aromatic N) is 2. The molecule has 2 atom stereocenters. The number of allylic oxidation sites excluding steroid dienone is 1. The molecule has 2 unspecified atom stereocenters. The highest BCUT2D eigenvalue weighted by Crippen LogP contribution is 2.44. The van der Waals surface area contributed by atoms with Gasteiger partial charge in [-0.3, -0.25) is 9.59 Å². The number of carbonyl (C=O) groups is 2. The molecule has 1 fully saturated rings. The fourth-order valence-electron chi connectivity index (χ4n) is 5.15. The fraction of sp³-hybridized carbons (Fsp3) is 0.258. The molecule has 1 aliphatic carbocycles. The summed E-state index contributed by atoms with van der Waals surface area (Å²) < 4.78 is 10.6. The van der Waals surface area contributed by atoms with Crippen molar-refractivity contribution < 1.29 is 19.1 Å². The Hall–Kier alpha value is -4.19. The van der Waals surface area contributed by atoms with Crippen LogP contribution in [0.5, 0.6) is 5.75 Å². The summed E-state index contributed by atoms with van der Waals surface area (Å²) >= 11 is 0. The zero-order valence-electron chi connectivity index (χ0n) is 20.9. The van der Waals surface area contributed by atoms with Crippen LogP contribution in [0.4, 0.5) is 0 Å². The van der Waals surface area contributed by atoms with Gasteiger partial charge < -0.3 is 9.47 Å². The molecule has 0 bridgehead atoms. The number of ether oxygens (including phenoxy) is 2. The number of esters is 1. The summed E-state index contributed by atoms with van der Waals surface area (Å²) in [5.74, 6) is -0.0231. The first-order chi connectivity index (χ1) is 18.1. The number of carbonyl (C=O) groups excluding carboxylic acids is 2. The molecule has 2 aliphatic rings. The third kappa shape index (κ3) is 5.64. The zero-order valence-corrected chi connectivity index (χ0v) is 20.9.